The Morgan fingerprint density at radius 3 is 2.69 bits per heavy atom. The van der Waals surface area contributed by atoms with Gasteiger partial charge in [0.15, 0.2) is 0 Å². The van der Waals surface area contributed by atoms with Gasteiger partial charge in [0.1, 0.15) is 0 Å². The van der Waals surface area contributed by atoms with E-state index in [1.165, 1.54) is 5.01 Å². The highest BCUT2D eigenvalue weighted by molar-refractivity contribution is 5.75. The fraction of sp³-hybridized carbons (Fsp3) is 0.889. The van der Waals surface area contributed by atoms with Crippen molar-refractivity contribution in [2.45, 2.75) is 38.6 Å². The molecule has 0 radical (unpaired) electrons. The first-order valence-electron chi connectivity index (χ1n) is 4.90. The molecule has 0 saturated carbocycles. The fourth-order valence-electron chi connectivity index (χ4n) is 1.51. The molecule has 0 aliphatic carbocycles. The standard InChI is InChI=1S/C9H18N2O2/c1-2-3-9(12)11(10)8-4-6-13-7-5-8/h8H,2-7,10H2,1H3. The third-order valence-electron chi connectivity index (χ3n) is 2.34. The summed E-state index contributed by atoms with van der Waals surface area (Å²) in [6.07, 6.45) is 3.14. The van der Waals surface area contributed by atoms with Gasteiger partial charge < -0.3 is 4.74 Å². The van der Waals surface area contributed by atoms with E-state index in [2.05, 4.69) is 0 Å². The van der Waals surface area contributed by atoms with Crippen LogP contribution in [0.5, 0.6) is 0 Å². The van der Waals surface area contributed by atoms with E-state index >= 15 is 0 Å². The summed E-state index contributed by atoms with van der Waals surface area (Å²) in [7, 11) is 0. The van der Waals surface area contributed by atoms with E-state index in [4.69, 9.17) is 10.6 Å². The molecule has 0 aromatic heterocycles. The molecule has 1 aliphatic rings. The number of amides is 1. The first-order chi connectivity index (χ1) is 6.25. The van der Waals surface area contributed by atoms with Crippen LogP contribution in [0.1, 0.15) is 32.6 Å². The number of carbonyl (C=O) groups excluding carboxylic acids is 1. The van der Waals surface area contributed by atoms with Crippen LogP contribution in [0.25, 0.3) is 0 Å². The first-order valence-corrected chi connectivity index (χ1v) is 4.90. The summed E-state index contributed by atoms with van der Waals surface area (Å²) in [5.41, 5.74) is 0. The second-order valence-corrected chi connectivity index (χ2v) is 3.39. The van der Waals surface area contributed by atoms with E-state index < -0.39 is 0 Å². The van der Waals surface area contributed by atoms with Crippen molar-refractivity contribution in [3.05, 3.63) is 0 Å². The minimum absolute atomic E-state index is 0.0504. The summed E-state index contributed by atoms with van der Waals surface area (Å²) in [6, 6.07) is 0.188. The van der Waals surface area contributed by atoms with E-state index in [1.807, 2.05) is 6.92 Å². The van der Waals surface area contributed by atoms with Crippen LogP contribution in [0.3, 0.4) is 0 Å². The van der Waals surface area contributed by atoms with Crippen molar-refractivity contribution in [1.29, 1.82) is 0 Å². The molecule has 1 aliphatic heterocycles. The fourth-order valence-corrected chi connectivity index (χ4v) is 1.51. The quantitative estimate of drug-likeness (QED) is 0.400. The molecule has 0 spiro atoms. The van der Waals surface area contributed by atoms with Crippen LogP contribution in [-0.4, -0.2) is 30.2 Å². The predicted octanol–water partition coefficient (Wildman–Crippen LogP) is 0.668. The summed E-state index contributed by atoms with van der Waals surface area (Å²) >= 11 is 0. The molecule has 0 atom stereocenters. The first kappa shape index (κ1) is 10.5. The van der Waals surface area contributed by atoms with Crippen molar-refractivity contribution in [3.63, 3.8) is 0 Å². The molecule has 4 heteroatoms. The molecule has 1 rings (SSSR count). The Morgan fingerprint density at radius 1 is 1.54 bits per heavy atom. The SMILES string of the molecule is CCCC(=O)N(N)C1CCOCC1. The van der Waals surface area contributed by atoms with Gasteiger partial charge >= 0.3 is 0 Å². The van der Waals surface area contributed by atoms with Crippen molar-refractivity contribution >= 4 is 5.91 Å². The van der Waals surface area contributed by atoms with Crippen LogP contribution < -0.4 is 5.84 Å². The van der Waals surface area contributed by atoms with Crippen molar-refractivity contribution in [2.24, 2.45) is 5.84 Å². The topological polar surface area (TPSA) is 55.6 Å². The minimum Gasteiger partial charge on any atom is -0.381 e. The van der Waals surface area contributed by atoms with Gasteiger partial charge in [-0.25, -0.2) is 5.84 Å². The van der Waals surface area contributed by atoms with Gasteiger partial charge in [-0.05, 0) is 19.3 Å². The zero-order valence-electron chi connectivity index (χ0n) is 8.16. The lowest BCUT2D eigenvalue weighted by molar-refractivity contribution is -0.135. The molecular weight excluding hydrogens is 168 g/mol. The summed E-state index contributed by atoms with van der Waals surface area (Å²) in [5, 5.41) is 1.39. The Labute approximate surface area is 79.0 Å². The largest absolute Gasteiger partial charge is 0.381 e. The molecule has 4 nitrogen and oxygen atoms in total. The summed E-state index contributed by atoms with van der Waals surface area (Å²) in [6.45, 7) is 3.42. The van der Waals surface area contributed by atoms with Gasteiger partial charge in [-0.3, -0.25) is 9.80 Å². The van der Waals surface area contributed by atoms with Gasteiger partial charge in [-0.1, -0.05) is 6.92 Å². The molecule has 13 heavy (non-hydrogen) atoms. The number of ether oxygens (including phenoxy) is 1. The normalized spacial score (nSPS) is 18.6. The van der Waals surface area contributed by atoms with Crippen LogP contribution >= 0.6 is 0 Å². The minimum atomic E-state index is 0.0504. The van der Waals surface area contributed by atoms with Gasteiger partial charge in [0.2, 0.25) is 5.91 Å². The highest BCUT2D eigenvalue weighted by Gasteiger charge is 2.22. The Bertz CT molecular complexity index is 167. The smallest absolute Gasteiger partial charge is 0.236 e. The van der Waals surface area contributed by atoms with Gasteiger partial charge in [-0.2, -0.15) is 0 Å². The maximum Gasteiger partial charge on any atom is 0.236 e. The van der Waals surface area contributed by atoms with E-state index in [9.17, 15) is 4.79 Å². The highest BCUT2D eigenvalue weighted by Crippen LogP contribution is 2.12. The molecule has 1 fully saturated rings. The van der Waals surface area contributed by atoms with Gasteiger partial charge in [0, 0.05) is 19.6 Å². The number of hydrazine groups is 1. The van der Waals surface area contributed by atoms with Crippen LogP contribution in [0.4, 0.5) is 0 Å². The number of rotatable bonds is 3. The number of nitrogens with zero attached hydrogens (tertiary/aromatic N) is 1. The van der Waals surface area contributed by atoms with Crippen LogP contribution in [0.15, 0.2) is 0 Å². The van der Waals surface area contributed by atoms with Crippen molar-refractivity contribution < 1.29 is 9.53 Å². The zero-order chi connectivity index (χ0) is 9.68. The predicted molar refractivity (Wildman–Crippen MR) is 49.8 cm³/mol. The van der Waals surface area contributed by atoms with Gasteiger partial charge in [0.05, 0.1) is 6.04 Å². The number of nitrogens with two attached hydrogens (primary N) is 1. The molecule has 1 saturated heterocycles. The van der Waals surface area contributed by atoms with Crippen LogP contribution in [0.2, 0.25) is 0 Å². The summed E-state index contributed by atoms with van der Waals surface area (Å²) < 4.78 is 5.20. The van der Waals surface area contributed by atoms with Gasteiger partial charge in [0.25, 0.3) is 0 Å². The third-order valence-corrected chi connectivity index (χ3v) is 2.34. The number of carbonyl (C=O) groups is 1. The number of hydrogen-bond donors (Lipinski definition) is 1. The van der Waals surface area contributed by atoms with Crippen LogP contribution in [0, 0.1) is 0 Å². The molecule has 0 aromatic carbocycles. The summed E-state index contributed by atoms with van der Waals surface area (Å²) in [4.78, 5) is 11.4. The Morgan fingerprint density at radius 2 is 2.15 bits per heavy atom. The van der Waals surface area contributed by atoms with Crippen molar-refractivity contribution in [1.82, 2.24) is 5.01 Å². The van der Waals surface area contributed by atoms with Crippen molar-refractivity contribution in [3.8, 4) is 0 Å². The van der Waals surface area contributed by atoms with Crippen LogP contribution in [-0.2, 0) is 9.53 Å². The average Bonchev–Trinajstić information content (AvgIpc) is 2.18. The molecule has 0 unspecified atom stereocenters. The molecule has 1 heterocycles. The number of hydrogen-bond acceptors (Lipinski definition) is 3. The summed E-state index contributed by atoms with van der Waals surface area (Å²) in [5.74, 6) is 5.76. The van der Waals surface area contributed by atoms with E-state index in [1.54, 1.807) is 0 Å². The molecule has 1 amide bonds. The lowest BCUT2D eigenvalue weighted by Crippen LogP contribution is -2.47. The lowest BCUT2D eigenvalue weighted by Gasteiger charge is -2.30. The maximum atomic E-state index is 11.4. The third kappa shape index (κ3) is 2.97. The van der Waals surface area contributed by atoms with E-state index in [-0.39, 0.29) is 11.9 Å². The Balaban J connectivity index is 2.35. The van der Waals surface area contributed by atoms with E-state index in [0.29, 0.717) is 6.42 Å². The maximum absolute atomic E-state index is 11.4. The van der Waals surface area contributed by atoms with Gasteiger partial charge in [-0.15, -0.1) is 0 Å². The monoisotopic (exact) mass is 186 g/mol. The Kier molecular flexibility index (Phi) is 4.18. The zero-order valence-corrected chi connectivity index (χ0v) is 8.16. The molecule has 2 N–H and O–H groups in total. The van der Waals surface area contributed by atoms with E-state index in [0.717, 1.165) is 32.5 Å². The highest BCUT2D eigenvalue weighted by atomic mass is 16.5. The average molecular weight is 186 g/mol. The molecule has 0 bridgehead atoms. The molecular formula is C9H18N2O2. The molecule has 0 aromatic rings. The molecule has 76 valence electrons. The lowest BCUT2D eigenvalue weighted by atomic mass is 10.1. The van der Waals surface area contributed by atoms with Crippen molar-refractivity contribution in [2.75, 3.05) is 13.2 Å². The second kappa shape index (κ2) is 5.19. The second-order valence-electron chi connectivity index (χ2n) is 3.39. The Hall–Kier alpha value is -0.610.